The van der Waals surface area contributed by atoms with E-state index in [4.69, 9.17) is 10.5 Å². The fourth-order valence-electron chi connectivity index (χ4n) is 5.03. The summed E-state index contributed by atoms with van der Waals surface area (Å²) in [4.78, 5) is 12.4. The SMILES string of the molecule is C[C@@]12CCCCC[C@@H](Cc3ccc(OC(=O)Cc4ccc(F)cc4)cc31)[C@@H]2N. The molecule has 3 atom stereocenters. The zero-order valence-corrected chi connectivity index (χ0v) is 16.4. The van der Waals surface area contributed by atoms with Gasteiger partial charge in [-0.05, 0) is 66.1 Å². The van der Waals surface area contributed by atoms with Crippen molar-refractivity contribution in [1.29, 1.82) is 0 Å². The summed E-state index contributed by atoms with van der Waals surface area (Å²) in [5.74, 6) is 0.450. The average molecular weight is 381 g/mol. The Hall–Kier alpha value is -2.20. The first-order valence-electron chi connectivity index (χ1n) is 10.3. The Bertz CT molecular complexity index is 863. The van der Waals surface area contributed by atoms with Crippen molar-refractivity contribution in [3.63, 3.8) is 0 Å². The molecule has 0 aliphatic heterocycles. The molecule has 2 aromatic carbocycles. The van der Waals surface area contributed by atoms with E-state index in [2.05, 4.69) is 13.0 Å². The topological polar surface area (TPSA) is 52.3 Å². The number of esters is 1. The van der Waals surface area contributed by atoms with Crippen LogP contribution in [0, 0.1) is 11.7 Å². The highest BCUT2D eigenvalue weighted by Gasteiger charge is 2.43. The van der Waals surface area contributed by atoms with E-state index in [1.54, 1.807) is 12.1 Å². The Kier molecular flexibility index (Phi) is 5.24. The van der Waals surface area contributed by atoms with Crippen LogP contribution in [0.1, 0.15) is 55.7 Å². The third kappa shape index (κ3) is 3.70. The molecular formula is C24H28FNO2. The average Bonchev–Trinajstić information content (AvgIpc) is 2.67. The normalized spacial score (nSPS) is 26.7. The van der Waals surface area contributed by atoms with Gasteiger partial charge in [-0.2, -0.15) is 0 Å². The maximum atomic E-state index is 13.0. The Morgan fingerprint density at radius 2 is 1.96 bits per heavy atom. The van der Waals surface area contributed by atoms with Gasteiger partial charge in [-0.15, -0.1) is 0 Å². The maximum absolute atomic E-state index is 13.0. The first-order valence-corrected chi connectivity index (χ1v) is 10.3. The molecular weight excluding hydrogens is 353 g/mol. The Balaban J connectivity index is 1.55. The predicted molar refractivity (Wildman–Crippen MR) is 108 cm³/mol. The highest BCUT2D eigenvalue weighted by atomic mass is 19.1. The van der Waals surface area contributed by atoms with Gasteiger partial charge in [0.1, 0.15) is 11.6 Å². The first-order chi connectivity index (χ1) is 13.5. The Labute approximate surface area is 166 Å². The summed E-state index contributed by atoms with van der Waals surface area (Å²) in [6.07, 6.45) is 7.12. The summed E-state index contributed by atoms with van der Waals surface area (Å²) in [5.41, 5.74) is 9.98. The molecule has 0 saturated heterocycles. The van der Waals surface area contributed by atoms with Crippen molar-refractivity contribution in [1.82, 2.24) is 0 Å². The molecule has 4 heteroatoms. The summed E-state index contributed by atoms with van der Waals surface area (Å²) in [6.45, 7) is 2.28. The van der Waals surface area contributed by atoms with Crippen LogP contribution in [0.5, 0.6) is 5.75 Å². The third-order valence-electron chi connectivity index (χ3n) is 6.69. The molecule has 0 unspecified atom stereocenters. The number of rotatable bonds is 3. The lowest BCUT2D eigenvalue weighted by molar-refractivity contribution is -0.133. The van der Waals surface area contributed by atoms with E-state index in [1.807, 2.05) is 12.1 Å². The minimum absolute atomic E-state index is 0.0714. The van der Waals surface area contributed by atoms with E-state index in [0.717, 1.165) is 18.4 Å². The number of fused-ring (bicyclic) bond motifs is 4. The van der Waals surface area contributed by atoms with Gasteiger partial charge in [0.15, 0.2) is 0 Å². The number of ether oxygens (including phenoxy) is 1. The van der Waals surface area contributed by atoms with Crippen LogP contribution in [-0.4, -0.2) is 12.0 Å². The summed E-state index contributed by atoms with van der Waals surface area (Å²) in [5, 5.41) is 0. The molecule has 0 spiro atoms. The zero-order chi connectivity index (χ0) is 19.7. The fourth-order valence-corrected chi connectivity index (χ4v) is 5.03. The van der Waals surface area contributed by atoms with Crippen LogP contribution in [0.2, 0.25) is 0 Å². The molecule has 4 rings (SSSR count). The molecule has 0 aromatic heterocycles. The second-order valence-corrected chi connectivity index (χ2v) is 8.60. The van der Waals surface area contributed by atoms with Crippen LogP contribution in [0.3, 0.4) is 0 Å². The van der Waals surface area contributed by atoms with Gasteiger partial charge in [0, 0.05) is 11.5 Å². The van der Waals surface area contributed by atoms with Crippen LogP contribution in [0.4, 0.5) is 4.39 Å². The van der Waals surface area contributed by atoms with Crippen LogP contribution < -0.4 is 10.5 Å². The van der Waals surface area contributed by atoms with Crippen molar-refractivity contribution in [2.24, 2.45) is 11.7 Å². The lowest BCUT2D eigenvalue weighted by Gasteiger charge is -2.47. The molecule has 2 N–H and O–H groups in total. The van der Waals surface area contributed by atoms with Gasteiger partial charge in [0.2, 0.25) is 0 Å². The standard InChI is InChI=1S/C24H28FNO2/c1-24-12-4-2-3-5-18(23(24)26)14-17-8-11-20(15-21(17)24)28-22(27)13-16-6-9-19(25)10-7-16/h6-11,15,18,23H,2-5,12-14,26H2,1H3/t18-,23-,24+/m0/s1. The van der Waals surface area contributed by atoms with E-state index in [1.165, 1.54) is 48.9 Å². The van der Waals surface area contributed by atoms with Gasteiger partial charge >= 0.3 is 5.97 Å². The van der Waals surface area contributed by atoms with Crippen LogP contribution >= 0.6 is 0 Å². The maximum Gasteiger partial charge on any atom is 0.315 e. The smallest absolute Gasteiger partial charge is 0.315 e. The van der Waals surface area contributed by atoms with E-state index in [-0.39, 0.29) is 29.7 Å². The molecule has 0 radical (unpaired) electrons. The summed E-state index contributed by atoms with van der Waals surface area (Å²) in [6, 6.07) is 12.1. The quantitative estimate of drug-likeness (QED) is 0.620. The number of hydrogen-bond donors (Lipinski definition) is 1. The van der Waals surface area contributed by atoms with E-state index in [9.17, 15) is 9.18 Å². The number of benzene rings is 2. The second-order valence-electron chi connectivity index (χ2n) is 8.60. The Morgan fingerprint density at radius 1 is 1.18 bits per heavy atom. The monoisotopic (exact) mass is 381 g/mol. The molecule has 0 heterocycles. The summed E-state index contributed by atoms with van der Waals surface area (Å²) < 4.78 is 18.6. The highest BCUT2D eigenvalue weighted by molar-refractivity contribution is 5.75. The number of carbonyl (C=O) groups excluding carboxylic acids is 1. The van der Waals surface area contributed by atoms with Crippen molar-refractivity contribution in [3.05, 3.63) is 65.0 Å². The number of halogens is 1. The number of nitrogens with two attached hydrogens (primary N) is 1. The molecule has 1 fully saturated rings. The largest absolute Gasteiger partial charge is 0.426 e. The molecule has 2 bridgehead atoms. The van der Waals surface area contributed by atoms with E-state index < -0.39 is 0 Å². The van der Waals surface area contributed by atoms with Gasteiger partial charge < -0.3 is 10.5 Å². The molecule has 3 nitrogen and oxygen atoms in total. The minimum atomic E-state index is -0.340. The van der Waals surface area contributed by atoms with Gasteiger partial charge in [0.05, 0.1) is 6.42 Å². The lowest BCUT2D eigenvalue weighted by atomic mass is 9.60. The van der Waals surface area contributed by atoms with Crippen LogP contribution in [0.25, 0.3) is 0 Å². The molecule has 2 aliphatic carbocycles. The number of hydrogen-bond acceptors (Lipinski definition) is 3. The van der Waals surface area contributed by atoms with E-state index >= 15 is 0 Å². The molecule has 148 valence electrons. The van der Waals surface area contributed by atoms with Crippen molar-refractivity contribution in [2.75, 3.05) is 0 Å². The van der Waals surface area contributed by atoms with Crippen molar-refractivity contribution in [2.45, 2.75) is 63.3 Å². The van der Waals surface area contributed by atoms with Crippen LogP contribution in [0.15, 0.2) is 42.5 Å². The summed E-state index contributed by atoms with van der Waals surface area (Å²) in [7, 11) is 0. The first kappa shape index (κ1) is 19.1. The molecule has 2 aromatic rings. The van der Waals surface area contributed by atoms with Crippen molar-refractivity contribution >= 4 is 5.97 Å². The predicted octanol–water partition coefficient (Wildman–Crippen LogP) is 4.70. The van der Waals surface area contributed by atoms with Crippen molar-refractivity contribution < 1.29 is 13.9 Å². The van der Waals surface area contributed by atoms with Crippen LogP contribution in [-0.2, 0) is 23.1 Å². The highest BCUT2D eigenvalue weighted by Crippen LogP contribution is 2.46. The number of carbonyl (C=O) groups is 1. The summed E-state index contributed by atoms with van der Waals surface area (Å²) >= 11 is 0. The molecule has 1 saturated carbocycles. The lowest BCUT2D eigenvalue weighted by Crippen LogP contribution is -2.52. The molecule has 28 heavy (non-hydrogen) atoms. The van der Waals surface area contributed by atoms with Gasteiger partial charge in [-0.1, -0.05) is 44.4 Å². The second kappa shape index (κ2) is 7.67. The van der Waals surface area contributed by atoms with Crippen molar-refractivity contribution in [3.8, 4) is 5.75 Å². The zero-order valence-electron chi connectivity index (χ0n) is 16.4. The fraction of sp³-hybridized carbons (Fsp3) is 0.458. The van der Waals surface area contributed by atoms with Gasteiger partial charge in [0.25, 0.3) is 0 Å². The third-order valence-corrected chi connectivity index (χ3v) is 6.69. The Morgan fingerprint density at radius 3 is 2.75 bits per heavy atom. The van der Waals surface area contributed by atoms with Gasteiger partial charge in [-0.25, -0.2) is 4.39 Å². The molecule has 2 aliphatic rings. The minimum Gasteiger partial charge on any atom is -0.426 e. The molecule has 0 amide bonds. The van der Waals surface area contributed by atoms with E-state index in [0.29, 0.717) is 11.7 Å². The van der Waals surface area contributed by atoms with Gasteiger partial charge in [-0.3, -0.25) is 4.79 Å².